The number of nitrogens with one attached hydrogen (secondary N) is 1. The monoisotopic (exact) mass is 365 g/mol. The first-order valence-electron chi connectivity index (χ1n) is 9.32. The second kappa shape index (κ2) is 8.22. The van der Waals surface area contributed by atoms with Crippen LogP contribution in [0.25, 0.3) is 11.0 Å². The van der Waals surface area contributed by atoms with Crippen LogP contribution in [-0.2, 0) is 11.3 Å². The highest BCUT2D eigenvalue weighted by Crippen LogP contribution is 2.16. The molecule has 3 aromatic rings. The van der Waals surface area contributed by atoms with Crippen molar-refractivity contribution in [1.29, 1.82) is 0 Å². The molecule has 1 fully saturated rings. The number of fused-ring (bicyclic) bond motifs is 1. The third-order valence-electron chi connectivity index (χ3n) is 4.74. The van der Waals surface area contributed by atoms with Crippen LogP contribution in [0, 0.1) is 0 Å². The lowest BCUT2D eigenvalue weighted by molar-refractivity contribution is 0.0679. The van der Waals surface area contributed by atoms with Gasteiger partial charge in [0.25, 0.3) is 5.91 Å². The fourth-order valence-corrected chi connectivity index (χ4v) is 3.25. The smallest absolute Gasteiger partial charge is 0.251 e. The third-order valence-corrected chi connectivity index (χ3v) is 4.74. The summed E-state index contributed by atoms with van der Waals surface area (Å²) in [7, 11) is 0. The molecule has 1 aromatic heterocycles. The van der Waals surface area contributed by atoms with Crippen molar-refractivity contribution in [3.63, 3.8) is 0 Å². The topological polar surface area (TPSA) is 65.4 Å². The predicted molar refractivity (Wildman–Crippen MR) is 103 cm³/mol. The van der Waals surface area contributed by atoms with Crippen molar-refractivity contribution < 1.29 is 14.3 Å². The van der Waals surface area contributed by atoms with E-state index in [0.29, 0.717) is 25.3 Å². The van der Waals surface area contributed by atoms with Gasteiger partial charge in [-0.1, -0.05) is 12.1 Å². The lowest BCUT2D eigenvalue weighted by Gasteiger charge is -2.12. The first-order chi connectivity index (χ1) is 13.3. The lowest BCUT2D eigenvalue weighted by Crippen LogP contribution is -2.27. The minimum atomic E-state index is -0.0925. The van der Waals surface area contributed by atoms with Crippen LogP contribution in [0.3, 0.4) is 0 Å². The normalized spacial score (nSPS) is 16.5. The number of ether oxygens (including phenoxy) is 2. The molecule has 1 N–H and O–H groups in total. The van der Waals surface area contributed by atoms with Gasteiger partial charge < -0.3 is 19.4 Å². The summed E-state index contributed by atoms with van der Waals surface area (Å²) in [6.45, 7) is 2.59. The molecule has 140 valence electrons. The molecule has 1 saturated heterocycles. The molecule has 1 amide bonds. The zero-order valence-electron chi connectivity index (χ0n) is 15.1. The molecule has 0 radical (unpaired) electrons. The Bertz CT molecular complexity index is 898. The molecule has 0 aliphatic carbocycles. The average molecular weight is 365 g/mol. The maximum atomic E-state index is 12.3. The molecule has 4 rings (SSSR count). The van der Waals surface area contributed by atoms with Gasteiger partial charge in [-0.3, -0.25) is 4.79 Å². The number of benzene rings is 2. The highest BCUT2D eigenvalue weighted by Gasteiger charge is 2.16. The Balaban J connectivity index is 1.26. The third kappa shape index (κ3) is 4.28. The van der Waals surface area contributed by atoms with Gasteiger partial charge in [-0.2, -0.15) is 0 Å². The van der Waals surface area contributed by atoms with E-state index in [0.717, 1.165) is 36.2 Å². The number of amides is 1. The summed E-state index contributed by atoms with van der Waals surface area (Å²) in [5.74, 6) is 0.664. The molecule has 2 heterocycles. The van der Waals surface area contributed by atoms with E-state index < -0.39 is 0 Å². The summed E-state index contributed by atoms with van der Waals surface area (Å²) in [5, 5.41) is 2.95. The number of carbonyl (C=O) groups excluding carboxylic acids is 1. The van der Waals surface area contributed by atoms with E-state index in [4.69, 9.17) is 9.47 Å². The van der Waals surface area contributed by atoms with E-state index >= 15 is 0 Å². The lowest BCUT2D eigenvalue weighted by atomic mass is 10.2. The van der Waals surface area contributed by atoms with Crippen LogP contribution < -0.4 is 10.1 Å². The van der Waals surface area contributed by atoms with Crippen LogP contribution in [0.15, 0.2) is 54.9 Å². The zero-order valence-corrected chi connectivity index (χ0v) is 15.1. The van der Waals surface area contributed by atoms with Gasteiger partial charge in [0, 0.05) is 25.3 Å². The van der Waals surface area contributed by atoms with Crippen molar-refractivity contribution in [2.24, 2.45) is 0 Å². The van der Waals surface area contributed by atoms with Gasteiger partial charge in [0.05, 0.1) is 23.5 Å². The molecular formula is C21H23N3O3. The van der Waals surface area contributed by atoms with Crippen LogP contribution in [0.1, 0.15) is 23.2 Å². The molecule has 0 saturated carbocycles. The van der Waals surface area contributed by atoms with Gasteiger partial charge in [0.1, 0.15) is 12.4 Å². The maximum Gasteiger partial charge on any atom is 0.251 e. The number of aromatic nitrogens is 2. The SMILES string of the molecule is O=C(NCCn1cnc2ccccc21)c1ccc(OC[C@@H]2CCCO2)cc1. The molecule has 2 aromatic carbocycles. The fourth-order valence-electron chi connectivity index (χ4n) is 3.25. The maximum absolute atomic E-state index is 12.3. The van der Waals surface area contributed by atoms with E-state index in [1.54, 1.807) is 18.5 Å². The molecule has 1 aliphatic rings. The number of hydrogen-bond donors (Lipinski definition) is 1. The standard InChI is InChI=1S/C21H23N3O3/c25-21(22-11-12-24-15-23-19-5-1-2-6-20(19)24)16-7-9-17(10-8-16)27-14-18-4-3-13-26-18/h1-2,5-10,15,18H,3-4,11-14H2,(H,22,25)/t18-/m0/s1. The van der Waals surface area contributed by atoms with Crippen LogP contribution in [0.2, 0.25) is 0 Å². The Morgan fingerprint density at radius 3 is 2.89 bits per heavy atom. The van der Waals surface area contributed by atoms with Crippen molar-refractivity contribution in [2.45, 2.75) is 25.5 Å². The fraction of sp³-hybridized carbons (Fsp3) is 0.333. The Labute approximate surface area is 158 Å². The Hall–Kier alpha value is -2.86. The second-order valence-electron chi connectivity index (χ2n) is 6.65. The van der Waals surface area contributed by atoms with Gasteiger partial charge in [-0.25, -0.2) is 4.98 Å². The second-order valence-corrected chi connectivity index (χ2v) is 6.65. The highest BCUT2D eigenvalue weighted by molar-refractivity contribution is 5.94. The van der Waals surface area contributed by atoms with Gasteiger partial charge >= 0.3 is 0 Å². The summed E-state index contributed by atoms with van der Waals surface area (Å²) >= 11 is 0. The van der Waals surface area contributed by atoms with Gasteiger partial charge in [0.15, 0.2) is 0 Å². The van der Waals surface area contributed by atoms with Crippen LogP contribution >= 0.6 is 0 Å². The van der Waals surface area contributed by atoms with Crippen LogP contribution in [-0.4, -0.2) is 41.3 Å². The highest BCUT2D eigenvalue weighted by atomic mass is 16.5. The van der Waals surface area contributed by atoms with E-state index in [-0.39, 0.29) is 12.0 Å². The van der Waals surface area contributed by atoms with E-state index in [2.05, 4.69) is 10.3 Å². The summed E-state index contributed by atoms with van der Waals surface area (Å²) in [4.78, 5) is 16.7. The first-order valence-corrected chi connectivity index (χ1v) is 9.32. The van der Waals surface area contributed by atoms with E-state index in [1.807, 2.05) is 41.0 Å². The molecular weight excluding hydrogens is 342 g/mol. The predicted octanol–water partition coefficient (Wildman–Crippen LogP) is 3.02. The number of para-hydroxylation sites is 2. The number of nitrogens with zero attached hydrogens (tertiary/aromatic N) is 2. The molecule has 27 heavy (non-hydrogen) atoms. The summed E-state index contributed by atoms with van der Waals surface area (Å²) in [6, 6.07) is 15.2. The number of hydrogen-bond acceptors (Lipinski definition) is 4. The summed E-state index contributed by atoms with van der Waals surface area (Å²) in [5.41, 5.74) is 2.65. The van der Waals surface area contributed by atoms with Crippen molar-refractivity contribution >= 4 is 16.9 Å². The van der Waals surface area contributed by atoms with Crippen LogP contribution in [0.4, 0.5) is 0 Å². The quantitative estimate of drug-likeness (QED) is 0.699. The minimum Gasteiger partial charge on any atom is -0.491 e. The Kier molecular flexibility index (Phi) is 5.34. The number of carbonyl (C=O) groups is 1. The molecule has 6 nitrogen and oxygen atoms in total. The van der Waals surface area contributed by atoms with Crippen molar-refractivity contribution in [3.8, 4) is 5.75 Å². The van der Waals surface area contributed by atoms with Crippen molar-refractivity contribution in [3.05, 3.63) is 60.4 Å². The molecule has 1 atom stereocenters. The minimum absolute atomic E-state index is 0.0925. The van der Waals surface area contributed by atoms with E-state index in [1.165, 1.54) is 0 Å². The molecule has 6 heteroatoms. The Morgan fingerprint density at radius 2 is 2.07 bits per heavy atom. The van der Waals surface area contributed by atoms with E-state index in [9.17, 15) is 4.79 Å². The Morgan fingerprint density at radius 1 is 1.22 bits per heavy atom. The van der Waals surface area contributed by atoms with Gasteiger partial charge in [-0.05, 0) is 49.2 Å². The van der Waals surface area contributed by atoms with Crippen LogP contribution in [0.5, 0.6) is 5.75 Å². The molecule has 0 unspecified atom stereocenters. The average Bonchev–Trinajstić information content (AvgIpc) is 3.37. The largest absolute Gasteiger partial charge is 0.491 e. The zero-order chi connectivity index (χ0) is 18.5. The summed E-state index contributed by atoms with van der Waals surface area (Å²) < 4.78 is 13.3. The van der Waals surface area contributed by atoms with Gasteiger partial charge in [-0.15, -0.1) is 0 Å². The molecule has 1 aliphatic heterocycles. The first kappa shape index (κ1) is 17.5. The van der Waals surface area contributed by atoms with Gasteiger partial charge in [0.2, 0.25) is 0 Å². The molecule has 0 spiro atoms. The van der Waals surface area contributed by atoms with Crippen molar-refractivity contribution in [1.82, 2.24) is 14.9 Å². The number of rotatable bonds is 7. The summed E-state index contributed by atoms with van der Waals surface area (Å²) in [6.07, 6.45) is 4.14. The number of imidazole rings is 1. The molecule has 0 bridgehead atoms. The van der Waals surface area contributed by atoms with Crippen molar-refractivity contribution in [2.75, 3.05) is 19.8 Å².